The fourth-order valence-corrected chi connectivity index (χ4v) is 4.32. The van der Waals surface area contributed by atoms with Crippen LogP contribution in [0.25, 0.3) is 0 Å². The first-order valence-corrected chi connectivity index (χ1v) is 9.66. The summed E-state index contributed by atoms with van der Waals surface area (Å²) in [5.41, 5.74) is -1.27. The Morgan fingerprint density at radius 2 is 1.89 bits per heavy atom. The second-order valence-corrected chi connectivity index (χ2v) is 8.03. The van der Waals surface area contributed by atoms with E-state index >= 15 is 0 Å². The first-order chi connectivity index (χ1) is 11.9. The second-order valence-electron chi connectivity index (χ2n) is 6.35. The predicted molar refractivity (Wildman–Crippen MR) is 97.1 cm³/mol. The van der Waals surface area contributed by atoms with Crippen LogP contribution in [-0.2, 0) is 21.0 Å². The lowest BCUT2D eigenvalue weighted by Crippen LogP contribution is -2.60. The SMILES string of the molecule is CC(NS(=O)(=O)c1ccccc1C(F)(F)F)C(=O)N1CCNC(C)C1C.Cl. The Labute approximate surface area is 163 Å². The van der Waals surface area contributed by atoms with Gasteiger partial charge in [0.15, 0.2) is 0 Å². The molecule has 0 saturated carbocycles. The van der Waals surface area contributed by atoms with Gasteiger partial charge in [0, 0.05) is 25.2 Å². The number of nitrogens with zero attached hydrogens (tertiary/aromatic N) is 1. The summed E-state index contributed by atoms with van der Waals surface area (Å²) in [5, 5.41) is 3.20. The van der Waals surface area contributed by atoms with Gasteiger partial charge in [-0.25, -0.2) is 8.42 Å². The zero-order chi connectivity index (χ0) is 19.7. The molecule has 154 valence electrons. The van der Waals surface area contributed by atoms with Crippen molar-refractivity contribution in [1.82, 2.24) is 14.9 Å². The van der Waals surface area contributed by atoms with E-state index in [2.05, 4.69) is 10.0 Å². The highest BCUT2D eigenvalue weighted by atomic mass is 35.5. The minimum atomic E-state index is -4.82. The van der Waals surface area contributed by atoms with E-state index in [9.17, 15) is 26.4 Å². The van der Waals surface area contributed by atoms with E-state index in [1.165, 1.54) is 17.9 Å². The number of sulfonamides is 1. The van der Waals surface area contributed by atoms with Crippen molar-refractivity contribution in [2.45, 2.75) is 50.0 Å². The third-order valence-electron chi connectivity index (χ3n) is 4.50. The van der Waals surface area contributed by atoms with Crippen LogP contribution in [-0.4, -0.2) is 50.4 Å². The highest BCUT2D eigenvalue weighted by Gasteiger charge is 2.38. The molecule has 6 nitrogen and oxygen atoms in total. The number of halogens is 4. The molecule has 1 aromatic carbocycles. The van der Waals surface area contributed by atoms with Gasteiger partial charge in [-0.15, -0.1) is 12.4 Å². The Morgan fingerprint density at radius 1 is 1.30 bits per heavy atom. The van der Waals surface area contributed by atoms with Crippen LogP contribution in [0.1, 0.15) is 26.3 Å². The van der Waals surface area contributed by atoms with Gasteiger partial charge in [-0.05, 0) is 32.9 Å². The second kappa shape index (κ2) is 8.76. The van der Waals surface area contributed by atoms with Gasteiger partial charge >= 0.3 is 6.18 Å². The van der Waals surface area contributed by atoms with Gasteiger partial charge < -0.3 is 10.2 Å². The molecule has 11 heteroatoms. The number of carbonyl (C=O) groups is 1. The molecule has 3 unspecified atom stereocenters. The maximum atomic E-state index is 13.1. The Balaban J connectivity index is 0.00000364. The van der Waals surface area contributed by atoms with Crippen LogP contribution in [0, 0.1) is 0 Å². The molecule has 2 rings (SSSR count). The third-order valence-corrected chi connectivity index (χ3v) is 6.10. The van der Waals surface area contributed by atoms with Crippen LogP contribution in [0.4, 0.5) is 13.2 Å². The maximum Gasteiger partial charge on any atom is 0.417 e. The van der Waals surface area contributed by atoms with Crippen LogP contribution in [0.3, 0.4) is 0 Å². The van der Waals surface area contributed by atoms with Gasteiger partial charge in [0.25, 0.3) is 0 Å². The van der Waals surface area contributed by atoms with Crippen molar-refractivity contribution in [3.05, 3.63) is 29.8 Å². The Hall–Kier alpha value is -1.36. The van der Waals surface area contributed by atoms with Gasteiger partial charge in [0.05, 0.1) is 16.5 Å². The van der Waals surface area contributed by atoms with Gasteiger partial charge in [-0.2, -0.15) is 17.9 Å². The molecule has 27 heavy (non-hydrogen) atoms. The zero-order valence-electron chi connectivity index (χ0n) is 15.1. The third kappa shape index (κ3) is 5.34. The van der Waals surface area contributed by atoms with E-state index in [1.807, 2.05) is 13.8 Å². The fourth-order valence-electron chi connectivity index (χ4n) is 2.90. The van der Waals surface area contributed by atoms with Gasteiger partial charge in [-0.3, -0.25) is 4.79 Å². The molecule has 0 radical (unpaired) electrons. The molecular weight excluding hydrogens is 407 g/mol. The average molecular weight is 430 g/mol. The van der Waals surface area contributed by atoms with Crippen LogP contribution >= 0.6 is 12.4 Å². The molecule has 1 aliphatic heterocycles. The Bertz CT molecular complexity index is 774. The van der Waals surface area contributed by atoms with E-state index in [0.29, 0.717) is 19.2 Å². The summed E-state index contributed by atoms with van der Waals surface area (Å²) in [5.74, 6) is -0.473. The fraction of sp³-hybridized carbons (Fsp3) is 0.562. The molecule has 2 N–H and O–H groups in total. The number of alkyl halides is 3. The number of piperazine rings is 1. The molecular formula is C16H23ClF3N3O3S. The molecule has 1 fully saturated rings. The summed E-state index contributed by atoms with van der Waals surface area (Å²) >= 11 is 0. The van der Waals surface area contributed by atoms with Crippen molar-refractivity contribution in [2.24, 2.45) is 0 Å². The monoisotopic (exact) mass is 429 g/mol. The number of nitrogens with one attached hydrogen (secondary N) is 2. The van der Waals surface area contributed by atoms with Crippen LogP contribution < -0.4 is 10.0 Å². The molecule has 0 spiro atoms. The van der Waals surface area contributed by atoms with Crippen LogP contribution in [0.5, 0.6) is 0 Å². The predicted octanol–water partition coefficient (Wildman–Crippen LogP) is 2.00. The first-order valence-electron chi connectivity index (χ1n) is 8.17. The molecule has 1 saturated heterocycles. The lowest BCUT2D eigenvalue weighted by molar-refractivity contribution is -0.139. The standard InChI is InChI=1S/C16H22F3N3O3S.ClH/c1-10-12(3)22(9-8-20-10)15(23)11(2)21-26(24,25)14-7-5-4-6-13(14)16(17,18)19;/h4-7,10-12,20-21H,8-9H2,1-3H3;1H. The van der Waals surface area contributed by atoms with Gasteiger partial charge in [0.1, 0.15) is 0 Å². The average Bonchev–Trinajstić information content (AvgIpc) is 2.55. The summed E-state index contributed by atoms with van der Waals surface area (Å²) in [6, 6.07) is 2.57. The molecule has 1 amide bonds. The highest BCUT2D eigenvalue weighted by molar-refractivity contribution is 7.89. The quantitative estimate of drug-likeness (QED) is 0.767. The maximum absolute atomic E-state index is 13.1. The lowest BCUT2D eigenvalue weighted by atomic mass is 10.1. The largest absolute Gasteiger partial charge is 0.417 e. The smallest absolute Gasteiger partial charge is 0.336 e. The summed E-state index contributed by atoms with van der Waals surface area (Å²) in [4.78, 5) is 13.2. The molecule has 0 aromatic heterocycles. The minimum absolute atomic E-state index is 0. The van der Waals surface area contributed by atoms with Crippen LogP contribution in [0.15, 0.2) is 29.2 Å². The van der Waals surface area contributed by atoms with Crippen molar-refractivity contribution in [1.29, 1.82) is 0 Å². The number of hydrogen-bond donors (Lipinski definition) is 2. The molecule has 0 aliphatic carbocycles. The summed E-state index contributed by atoms with van der Waals surface area (Å²) in [6.45, 7) is 6.02. The molecule has 0 bridgehead atoms. The molecule has 1 aromatic rings. The van der Waals surface area contributed by atoms with Gasteiger partial charge in [0.2, 0.25) is 15.9 Å². The van der Waals surface area contributed by atoms with Gasteiger partial charge in [-0.1, -0.05) is 12.1 Å². The number of rotatable bonds is 4. The highest BCUT2D eigenvalue weighted by Crippen LogP contribution is 2.33. The van der Waals surface area contributed by atoms with E-state index in [0.717, 1.165) is 12.1 Å². The van der Waals surface area contributed by atoms with Crippen molar-refractivity contribution in [2.75, 3.05) is 13.1 Å². The Morgan fingerprint density at radius 3 is 2.48 bits per heavy atom. The van der Waals surface area contributed by atoms with Crippen molar-refractivity contribution in [3.8, 4) is 0 Å². The van der Waals surface area contributed by atoms with E-state index in [1.54, 1.807) is 0 Å². The molecule has 3 atom stereocenters. The summed E-state index contributed by atoms with van der Waals surface area (Å²) in [7, 11) is -4.52. The minimum Gasteiger partial charge on any atom is -0.336 e. The van der Waals surface area contributed by atoms with E-state index in [-0.39, 0.29) is 24.5 Å². The Kier molecular flexibility index (Phi) is 7.69. The first kappa shape index (κ1) is 23.7. The summed E-state index contributed by atoms with van der Waals surface area (Å²) < 4.78 is 66.2. The topological polar surface area (TPSA) is 78.5 Å². The van der Waals surface area contributed by atoms with Crippen LogP contribution in [0.2, 0.25) is 0 Å². The summed E-state index contributed by atoms with van der Waals surface area (Å²) in [6.07, 6.45) is -4.82. The van der Waals surface area contributed by atoms with Crippen molar-refractivity contribution in [3.63, 3.8) is 0 Å². The van der Waals surface area contributed by atoms with Crippen molar-refractivity contribution < 1.29 is 26.4 Å². The normalized spacial score (nSPS) is 22.1. The molecule has 1 aliphatic rings. The zero-order valence-corrected chi connectivity index (χ0v) is 16.7. The number of amides is 1. The van der Waals surface area contributed by atoms with E-state index in [4.69, 9.17) is 0 Å². The number of benzene rings is 1. The van der Waals surface area contributed by atoms with E-state index < -0.39 is 38.6 Å². The number of carbonyl (C=O) groups excluding carboxylic acids is 1. The molecule has 1 heterocycles. The van der Waals surface area contributed by atoms with Crippen molar-refractivity contribution >= 4 is 28.3 Å². The number of hydrogen-bond acceptors (Lipinski definition) is 4. The lowest BCUT2D eigenvalue weighted by Gasteiger charge is -2.39.